The predicted octanol–water partition coefficient (Wildman–Crippen LogP) is 3.94. The van der Waals surface area contributed by atoms with E-state index in [1.54, 1.807) is 6.92 Å². The molecule has 0 spiro atoms. The molecular formula is C31H34FN3. The maximum atomic E-state index is 14.6. The molecule has 3 atom stereocenters. The third kappa shape index (κ3) is 3.89. The molecule has 2 N–H and O–H groups in total. The van der Waals surface area contributed by atoms with Crippen molar-refractivity contribution < 1.29 is 4.39 Å². The quantitative estimate of drug-likeness (QED) is 0.698. The van der Waals surface area contributed by atoms with Crippen molar-refractivity contribution in [1.82, 2.24) is 15.5 Å². The summed E-state index contributed by atoms with van der Waals surface area (Å²) >= 11 is 0. The molecule has 2 aliphatic heterocycles. The number of halogens is 1. The van der Waals surface area contributed by atoms with Crippen LogP contribution in [0.2, 0.25) is 0 Å². The van der Waals surface area contributed by atoms with Gasteiger partial charge in [0.2, 0.25) is 0 Å². The minimum absolute atomic E-state index is 0.0626. The van der Waals surface area contributed by atoms with Crippen LogP contribution in [0.5, 0.6) is 0 Å². The van der Waals surface area contributed by atoms with Crippen LogP contribution in [0.4, 0.5) is 4.39 Å². The standard InChI is InChI=1S/C31H34FN3/c1-20-9-10-24(19-35(20)4)29-27-8-6-5-7-22(27)16-28(34-29)33-21(2)31(13-14-31)26-12-11-23-17-30(3,32)18-25(23)15-26/h5-12,15-16,19-20,28,33-34H,2,13-14,17-18H2,1,3-4H3. The van der Waals surface area contributed by atoms with Gasteiger partial charge < -0.3 is 15.5 Å². The molecule has 4 heteroatoms. The van der Waals surface area contributed by atoms with Gasteiger partial charge in [0.15, 0.2) is 0 Å². The van der Waals surface area contributed by atoms with Crippen molar-refractivity contribution in [3.05, 3.63) is 106 Å². The lowest BCUT2D eigenvalue weighted by molar-refractivity contribution is 0.205. The Morgan fingerprint density at radius 1 is 1.14 bits per heavy atom. The molecule has 2 aromatic carbocycles. The Bertz CT molecular complexity index is 1390. The number of allylic oxidation sites excluding steroid dienone is 1. The van der Waals surface area contributed by atoms with Gasteiger partial charge in [0.25, 0.3) is 0 Å². The zero-order valence-electron chi connectivity index (χ0n) is 20.9. The first-order valence-corrected chi connectivity index (χ1v) is 12.7. The van der Waals surface area contributed by atoms with Crippen molar-refractivity contribution in [2.24, 2.45) is 0 Å². The minimum Gasteiger partial charge on any atom is -0.374 e. The molecule has 1 saturated carbocycles. The SMILES string of the molecule is C=C(NC1C=c2ccccc2=C(C2=CN(C)C(C)C=C2)N1)C1(c2ccc3c(c2)CC(C)(F)C3)CC1. The van der Waals surface area contributed by atoms with Crippen LogP contribution in [0.15, 0.2) is 78.7 Å². The first kappa shape index (κ1) is 22.2. The molecular weight excluding hydrogens is 433 g/mol. The third-order valence-corrected chi connectivity index (χ3v) is 8.24. The van der Waals surface area contributed by atoms with Gasteiger partial charge in [0, 0.05) is 54.0 Å². The Labute approximate surface area is 207 Å². The van der Waals surface area contributed by atoms with Crippen molar-refractivity contribution in [3.63, 3.8) is 0 Å². The average molecular weight is 468 g/mol. The summed E-state index contributed by atoms with van der Waals surface area (Å²) < 4.78 is 14.6. The molecule has 1 fully saturated rings. The van der Waals surface area contributed by atoms with E-state index in [0.717, 1.165) is 35.4 Å². The summed E-state index contributed by atoms with van der Waals surface area (Å²) in [5.74, 6) is 0. The predicted molar refractivity (Wildman–Crippen MR) is 141 cm³/mol. The van der Waals surface area contributed by atoms with Crippen molar-refractivity contribution in [2.45, 2.75) is 62.8 Å². The van der Waals surface area contributed by atoms with E-state index in [0.29, 0.717) is 18.9 Å². The van der Waals surface area contributed by atoms with Crippen molar-refractivity contribution in [1.29, 1.82) is 0 Å². The van der Waals surface area contributed by atoms with E-state index < -0.39 is 5.67 Å². The highest BCUT2D eigenvalue weighted by molar-refractivity contribution is 5.70. The summed E-state index contributed by atoms with van der Waals surface area (Å²) in [6.45, 7) is 8.42. The average Bonchev–Trinajstić information content (AvgIpc) is 3.57. The zero-order chi connectivity index (χ0) is 24.4. The molecule has 0 saturated heterocycles. The molecule has 6 rings (SSSR count). The second-order valence-electron chi connectivity index (χ2n) is 11.1. The van der Waals surface area contributed by atoms with Crippen LogP contribution >= 0.6 is 0 Å². The molecule has 180 valence electrons. The van der Waals surface area contributed by atoms with Crippen LogP contribution in [0, 0.1) is 0 Å². The highest BCUT2D eigenvalue weighted by Gasteiger charge is 2.48. The highest BCUT2D eigenvalue weighted by atomic mass is 19.1. The molecule has 2 heterocycles. The lowest BCUT2D eigenvalue weighted by Crippen LogP contribution is -2.50. The fourth-order valence-electron chi connectivity index (χ4n) is 5.88. The summed E-state index contributed by atoms with van der Waals surface area (Å²) in [5.41, 5.74) is 5.72. The van der Waals surface area contributed by atoms with E-state index in [4.69, 9.17) is 0 Å². The van der Waals surface area contributed by atoms with Gasteiger partial charge >= 0.3 is 0 Å². The van der Waals surface area contributed by atoms with Gasteiger partial charge in [-0.3, -0.25) is 0 Å². The Morgan fingerprint density at radius 2 is 1.91 bits per heavy atom. The van der Waals surface area contributed by atoms with Crippen LogP contribution in [0.25, 0.3) is 11.8 Å². The minimum atomic E-state index is -1.12. The lowest BCUT2D eigenvalue weighted by Gasteiger charge is -2.31. The molecule has 3 unspecified atom stereocenters. The van der Waals surface area contributed by atoms with E-state index in [-0.39, 0.29) is 11.6 Å². The molecule has 0 amide bonds. The molecule has 2 aliphatic carbocycles. The Hall–Kier alpha value is -3.27. The van der Waals surface area contributed by atoms with E-state index in [1.807, 2.05) is 0 Å². The van der Waals surface area contributed by atoms with Crippen LogP contribution in [-0.4, -0.2) is 29.8 Å². The number of likely N-dealkylation sites (N-methyl/N-ethyl adjacent to an activating group) is 1. The van der Waals surface area contributed by atoms with Crippen LogP contribution in [0.1, 0.15) is 43.4 Å². The second kappa shape index (κ2) is 7.87. The Kier molecular flexibility index (Phi) is 5.00. The smallest absolute Gasteiger partial charge is 0.117 e. The Balaban J connectivity index is 1.27. The zero-order valence-corrected chi connectivity index (χ0v) is 20.9. The van der Waals surface area contributed by atoms with Gasteiger partial charge in [-0.1, -0.05) is 61.2 Å². The normalized spacial score (nSPS) is 27.8. The molecule has 4 aliphatic rings. The largest absolute Gasteiger partial charge is 0.374 e. The number of benzene rings is 2. The number of nitrogens with zero attached hydrogens (tertiary/aromatic N) is 1. The molecule has 35 heavy (non-hydrogen) atoms. The number of alkyl halides is 1. The van der Waals surface area contributed by atoms with Crippen LogP contribution in [0.3, 0.4) is 0 Å². The van der Waals surface area contributed by atoms with E-state index in [1.165, 1.54) is 21.6 Å². The third-order valence-electron chi connectivity index (χ3n) is 8.24. The fourth-order valence-corrected chi connectivity index (χ4v) is 5.88. The summed E-state index contributed by atoms with van der Waals surface area (Å²) in [6, 6.07) is 15.5. The van der Waals surface area contributed by atoms with Gasteiger partial charge in [-0.25, -0.2) is 4.39 Å². The van der Waals surface area contributed by atoms with Crippen LogP contribution in [-0.2, 0) is 18.3 Å². The van der Waals surface area contributed by atoms with Crippen molar-refractivity contribution in [2.75, 3.05) is 7.05 Å². The number of rotatable bonds is 5. The topological polar surface area (TPSA) is 27.3 Å². The maximum absolute atomic E-state index is 14.6. The highest BCUT2D eigenvalue weighted by Crippen LogP contribution is 2.53. The molecule has 0 radical (unpaired) electrons. The van der Waals surface area contributed by atoms with Gasteiger partial charge in [-0.15, -0.1) is 0 Å². The summed E-state index contributed by atoms with van der Waals surface area (Å²) in [7, 11) is 2.12. The monoisotopic (exact) mass is 467 g/mol. The van der Waals surface area contributed by atoms with Crippen LogP contribution < -0.4 is 21.1 Å². The second-order valence-corrected chi connectivity index (χ2v) is 11.1. The summed E-state index contributed by atoms with van der Waals surface area (Å²) in [6.07, 6.45) is 12.0. The maximum Gasteiger partial charge on any atom is 0.117 e. The molecule has 3 nitrogen and oxygen atoms in total. The van der Waals surface area contributed by atoms with Crippen molar-refractivity contribution in [3.8, 4) is 0 Å². The first-order chi connectivity index (χ1) is 16.7. The Morgan fingerprint density at radius 3 is 2.69 bits per heavy atom. The van der Waals surface area contributed by atoms with E-state index >= 15 is 0 Å². The molecule has 0 bridgehead atoms. The number of hydrogen-bond acceptors (Lipinski definition) is 3. The number of hydrogen-bond donors (Lipinski definition) is 2. The van der Waals surface area contributed by atoms with Crippen molar-refractivity contribution >= 4 is 11.8 Å². The number of nitrogens with one attached hydrogen (secondary N) is 2. The number of fused-ring (bicyclic) bond motifs is 2. The van der Waals surface area contributed by atoms with Gasteiger partial charge in [-0.2, -0.15) is 0 Å². The van der Waals surface area contributed by atoms with Gasteiger partial charge in [0.1, 0.15) is 11.8 Å². The molecule has 2 aromatic rings. The summed E-state index contributed by atoms with van der Waals surface area (Å²) in [4.78, 5) is 2.24. The lowest BCUT2D eigenvalue weighted by atomic mass is 9.90. The first-order valence-electron chi connectivity index (χ1n) is 12.7. The fraction of sp³-hybridized carbons (Fsp3) is 0.355. The van der Waals surface area contributed by atoms with E-state index in [9.17, 15) is 4.39 Å². The van der Waals surface area contributed by atoms with Gasteiger partial charge in [-0.05, 0) is 54.7 Å². The van der Waals surface area contributed by atoms with Gasteiger partial charge in [0.05, 0.1) is 5.70 Å². The summed E-state index contributed by atoms with van der Waals surface area (Å²) in [5, 5.41) is 9.88. The molecule has 0 aromatic heterocycles. The van der Waals surface area contributed by atoms with E-state index in [2.05, 4.69) is 103 Å².